The van der Waals surface area contributed by atoms with Crippen LogP contribution in [0, 0.1) is 0 Å². The zero-order valence-corrected chi connectivity index (χ0v) is 10.2. The second-order valence-electron chi connectivity index (χ2n) is 4.97. The fraction of sp³-hybridized carbons (Fsp3) is 0.917. The van der Waals surface area contributed by atoms with Crippen molar-refractivity contribution in [2.24, 2.45) is 0 Å². The van der Waals surface area contributed by atoms with Crippen LogP contribution in [-0.2, 0) is 4.79 Å². The highest BCUT2D eigenvalue weighted by atomic mass is 16.2. The SMILES string of the molecule is C[C@@H]1CNCCN1CC(=O)N1CCCCC1. The topological polar surface area (TPSA) is 35.6 Å². The first-order valence-electron chi connectivity index (χ1n) is 6.50. The molecular formula is C12H23N3O. The molecule has 0 aromatic heterocycles. The van der Waals surface area contributed by atoms with Gasteiger partial charge in [-0.25, -0.2) is 0 Å². The Balaban J connectivity index is 1.80. The zero-order chi connectivity index (χ0) is 11.4. The summed E-state index contributed by atoms with van der Waals surface area (Å²) in [5.74, 6) is 0.327. The van der Waals surface area contributed by atoms with Gasteiger partial charge in [0.15, 0.2) is 0 Å². The van der Waals surface area contributed by atoms with E-state index in [0.717, 1.165) is 32.7 Å². The van der Waals surface area contributed by atoms with Crippen molar-refractivity contribution in [1.29, 1.82) is 0 Å². The van der Waals surface area contributed by atoms with Crippen molar-refractivity contribution in [3.05, 3.63) is 0 Å². The quantitative estimate of drug-likeness (QED) is 0.734. The normalized spacial score (nSPS) is 28.1. The largest absolute Gasteiger partial charge is 0.342 e. The molecule has 0 radical (unpaired) electrons. The van der Waals surface area contributed by atoms with Crippen LogP contribution in [0.5, 0.6) is 0 Å². The lowest BCUT2D eigenvalue weighted by Crippen LogP contribution is -2.53. The molecule has 0 aromatic carbocycles. The smallest absolute Gasteiger partial charge is 0.236 e. The van der Waals surface area contributed by atoms with Crippen LogP contribution in [0.2, 0.25) is 0 Å². The molecule has 2 heterocycles. The van der Waals surface area contributed by atoms with E-state index in [9.17, 15) is 4.79 Å². The molecule has 1 N–H and O–H groups in total. The molecule has 2 rings (SSSR count). The van der Waals surface area contributed by atoms with Crippen molar-refractivity contribution in [3.8, 4) is 0 Å². The van der Waals surface area contributed by atoms with E-state index in [0.29, 0.717) is 18.5 Å². The number of amides is 1. The second kappa shape index (κ2) is 5.64. The summed E-state index contributed by atoms with van der Waals surface area (Å²) in [5.41, 5.74) is 0. The highest BCUT2D eigenvalue weighted by Gasteiger charge is 2.23. The third kappa shape index (κ3) is 2.95. The van der Waals surface area contributed by atoms with E-state index in [4.69, 9.17) is 0 Å². The summed E-state index contributed by atoms with van der Waals surface area (Å²) >= 11 is 0. The first-order chi connectivity index (χ1) is 7.77. The van der Waals surface area contributed by atoms with Gasteiger partial charge in [0.05, 0.1) is 6.54 Å². The minimum Gasteiger partial charge on any atom is -0.342 e. The Morgan fingerprint density at radius 3 is 2.69 bits per heavy atom. The summed E-state index contributed by atoms with van der Waals surface area (Å²) in [6.07, 6.45) is 3.65. The third-order valence-corrected chi connectivity index (χ3v) is 3.69. The highest BCUT2D eigenvalue weighted by Crippen LogP contribution is 2.10. The minimum atomic E-state index is 0.327. The van der Waals surface area contributed by atoms with Gasteiger partial charge in [-0.2, -0.15) is 0 Å². The molecule has 0 bridgehead atoms. The fourth-order valence-electron chi connectivity index (χ4n) is 2.54. The maximum Gasteiger partial charge on any atom is 0.236 e. The van der Waals surface area contributed by atoms with Crippen molar-refractivity contribution in [2.75, 3.05) is 39.3 Å². The zero-order valence-electron chi connectivity index (χ0n) is 10.2. The lowest BCUT2D eigenvalue weighted by atomic mass is 10.1. The van der Waals surface area contributed by atoms with Crippen LogP contribution < -0.4 is 5.32 Å². The minimum absolute atomic E-state index is 0.327. The van der Waals surface area contributed by atoms with E-state index in [1.54, 1.807) is 0 Å². The second-order valence-corrected chi connectivity index (χ2v) is 4.97. The first-order valence-corrected chi connectivity index (χ1v) is 6.50. The van der Waals surface area contributed by atoms with Crippen LogP contribution in [-0.4, -0.2) is 61.0 Å². The summed E-state index contributed by atoms with van der Waals surface area (Å²) in [6, 6.07) is 0.488. The third-order valence-electron chi connectivity index (χ3n) is 3.69. The van der Waals surface area contributed by atoms with Gasteiger partial charge < -0.3 is 10.2 Å². The highest BCUT2D eigenvalue weighted by molar-refractivity contribution is 5.78. The summed E-state index contributed by atoms with van der Waals surface area (Å²) in [6.45, 7) is 7.77. The van der Waals surface area contributed by atoms with Crippen LogP contribution >= 0.6 is 0 Å². The molecule has 1 amide bonds. The predicted molar refractivity (Wildman–Crippen MR) is 64.3 cm³/mol. The first kappa shape index (κ1) is 11.9. The van der Waals surface area contributed by atoms with Crippen LogP contribution in [0.1, 0.15) is 26.2 Å². The molecule has 0 aliphatic carbocycles. The molecule has 0 aromatic rings. The monoisotopic (exact) mass is 225 g/mol. The van der Waals surface area contributed by atoms with Gasteiger partial charge >= 0.3 is 0 Å². The standard InChI is InChI=1S/C12H23N3O/c1-11-9-13-5-8-15(11)10-12(16)14-6-3-2-4-7-14/h11,13H,2-10H2,1H3/t11-/m1/s1. The summed E-state index contributed by atoms with van der Waals surface area (Å²) in [7, 11) is 0. The predicted octanol–water partition coefficient (Wildman–Crippen LogP) is 0.293. The Morgan fingerprint density at radius 1 is 1.25 bits per heavy atom. The van der Waals surface area contributed by atoms with E-state index in [1.807, 2.05) is 4.90 Å². The number of hydrogen-bond acceptors (Lipinski definition) is 3. The molecule has 2 aliphatic heterocycles. The van der Waals surface area contributed by atoms with E-state index in [1.165, 1.54) is 19.3 Å². The Labute approximate surface area is 98.0 Å². The number of piperidine rings is 1. The lowest BCUT2D eigenvalue weighted by molar-refractivity contribution is -0.134. The number of carbonyl (C=O) groups is 1. The number of piperazine rings is 1. The number of nitrogens with zero attached hydrogens (tertiary/aromatic N) is 2. The Hall–Kier alpha value is -0.610. The molecule has 2 saturated heterocycles. The van der Waals surface area contributed by atoms with Gasteiger partial charge in [-0.3, -0.25) is 9.69 Å². The van der Waals surface area contributed by atoms with Crippen molar-refractivity contribution >= 4 is 5.91 Å². The molecule has 2 aliphatic rings. The van der Waals surface area contributed by atoms with Crippen LogP contribution in [0.25, 0.3) is 0 Å². The number of likely N-dealkylation sites (tertiary alicyclic amines) is 1. The average molecular weight is 225 g/mol. The lowest BCUT2D eigenvalue weighted by Gasteiger charge is -2.35. The van der Waals surface area contributed by atoms with Crippen molar-refractivity contribution in [3.63, 3.8) is 0 Å². The van der Waals surface area contributed by atoms with Gasteiger partial charge in [-0.05, 0) is 26.2 Å². The van der Waals surface area contributed by atoms with Gasteiger partial charge in [0.25, 0.3) is 0 Å². The maximum atomic E-state index is 12.1. The molecule has 4 heteroatoms. The molecule has 0 spiro atoms. The van der Waals surface area contributed by atoms with Crippen molar-refractivity contribution < 1.29 is 4.79 Å². The Bertz CT molecular complexity index is 238. The number of rotatable bonds is 2. The Morgan fingerprint density at radius 2 is 2.00 bits per heavy atom. The molecular weight excluding hydrogens is 202 g/mol. The van der Waals surface area contributed by atoms with Gasteiger partial charge in [0, 0.05) is 38.8 Å². The van der Waals surface area contributed by atoms with Crippen LogP contribution in [0.3, 0.4) is 0 Å². The fourth-order valence-corrected chi connectivity index (χ4v) is 2.54. The number of nitrogens with one attached hydrogen (secondary N) is 1. The van der Waals surface area contributed by atoms with Gasteiger partial charge in [-0.1, -0.05) is 0 Å². The van der Waals surface area contributed by atoms with E-state index in [2.05, 4.69) is 17.1 Å². The molecule has 0 saturated carbocycles. The Kier molecular flexibility index (Phi) is 4.18. The molecule has 2 fully saturated rings. The van der Waals surface area contributed by atoms with Crippen molar-refractivity contribution in [1.82, 2.24) is 15.1 Å². The average Bonchev–Trinajstić information content (AvgIpc) is 2.33. The van der Waals surface area contributed by atoms with E-state index < -0.39 is 0 Å². The molecule has 16 heavy (non-hydrogen) atoms. The molecule has 1 atom stereocenters. The number of carbonyl (C=O) groups excluding carboxylic acids is 1. The number of hydrogen-bond donors (Lipinski definition) is 1. The van der Waals surface area contributed by atoms with E-state index >= 15 is 0 Å². The maximum absolute atomic E-state index is 12.1. The summed E-state index contributed by atoms with van der Waals surface area (Å²) in [5, 5.41) is 3.35. The molecule has 92 valence electrons. The van der Waals surface area contributed by atoms with E-state index in [-0.39, 0.29) is 0 Å². The molecule has 0 unspecified atom stereocenters. The van der Waals surface area contributed by atoms with Crippen LogP contribution in [0.15, 0.2) is 0 Å². The van der Waals surface area contributed by atoms with Gasteiger partial charge in [0.2, 0.25) is 5.91 Å². The summed E-state index contributed by atoms with van der Waals surface area (Å²) in [4.78, 5) is 16.4. The van der Waals surface area contributed by atoms with Crippen molar-refractivity contribution in [2.45, 2.75) is 32.2 Å². The van der Waals surface area contributed by atoms with Crippen LogP contribution in [0.4, 0.5) is 0 Å². The van der Waals surface area contributed by atoms with Gasteiger partial charge in [0.1, 0.15) is 0 Å². The summed E-state index contributed by atoms with van der Waals surface area (Å²) < 4.78 is 0. The molecule has 4 nitrogen and oxygen atoms in total. The van der Waals surface area contributed by atoms with Gasteiger partial charge in [-0.15, -0.1) is 0 Å².